The Labute approximate surface area is 132 Å². The van der Waals surface area contributed by atoms with Crippen molar-refractivity contribution in [2.24, 2.45) is 0 Å². The normalized spacial score (nSPS) is 10.5. The second kappa shape index (κ2) is 12.7. The predicted octanol–water partition coefficient (Wildman–Crippen LogP) is 4.61. The van der Waals surface area contributed by atoms with Crippen molar-refractivity contribution in [1.82, 2.24) is 4.98 Å². The molecule has 0 bridgehead atoms. The number of pyridine rings is 1. The largest absolute Gasteiger partial charge is 0.466 e. The first kappa shape index (κ1) is 18.0. The second-order valence-electron chi connectivity index (χ2n) is 5.11. The molecule has 0 unspecified atom stereocenters. The minimum absolute atomic E-state index is 0.0721. The van der Waals surface area contributed by atoms with Crippen LogP contribution in [0.15, 0.2) is 24.4 Å². The van der Waals surface area contributed by atoms with Crippen molar-refractivity contribution in [3.8, 4) is 0 Å². The molecule has 4 heteroatoms. The molecule has 0 saturated heterocycles. The van der Waals surface area contributed by atoms with Gasteiger partial charge in [0.25, 0.3) is 0 Å². The van der Waals surface area contributed by atoms with E-state index in [2.05, 4.69) is 11.9 Å². The van der Waals surface area contributed by atoms with E-state index < -0.39 is 0 Å². The lowest BCUT2D eigenvalue weighted by Gasteiger charge is -2.05. The van der Waals surface area contributed by atoms with Gasteiger partial charge >= 0.3 is 5.97 Å². The smallest absolute Gasteiger partial charge is 0.306 e. The van der Waals surface area contributed by atoms with E-state index in [1.165, 1.54) is 32.1 Å². The first-order valence-corrected chi connectivity index (χ1v) is 9.11. The molecule has 0 aromatic carbocycles. The van der Waals surface area contributed by atoms with Crippen LogP contribution in [0, 0.1) is 0 Å². The summed E-state index contributed by atoms with van der Waals surface area (Å²) in [5.41, 5.74) is 1.06. The molecule has 1 rings (SSSR count). The van der Waals surface area contributed by atoms with Gasteiger partial charge in [0, 0.05) is 17.7 Å². The zero-order valence-electron chi connectivity index (χ0n) is 13.1. The van der Waals surface area contributed by atoms with Gasteiger partial charge in [0.2, 0.25) is 0 Å². The number of thioether (sulfide) groups is 1. The number of unbranched alkanes of at least 4 members (excludes halogenated alkanes) is 5. The third-order valence-corrected chi connectivity index (χ3v) is 4.18. The third-order valence-electron chi connectivity index (χ3n) is 3.19. The Morgan fingerprint density at radius 3 is 2.76 bits per heavy atom. The minimum Gasteiger partial charge on any atom is -0.466 e. The molecule has 0 spiro atoms. The fourth-order valence-electron chi connectivity index (χ4n) is 1.96. The zero-order valence-corrected chi connectivity index (χ0v) is 13.9. The summed E-state index contributed by atoms with van der Waals surface area (Å²) in [6.07, 6.45) is 9.59. The summed E-state index contributed by atoms with van der Waals surface area (Å²) in [4.78, 5) is 15.8. The summed E-state index contributed by atoms with van der Waals surface area (Å²) in [5.74, 6) is 1.58. The van der Waals surface area contributed by atoms with Gasteiger partial charge in [-0.2, -0.15) is 11.8 Å². The second-order valence-corrected chi connectivity index (χ2v) is 6.22. The Morgan fingerprint density at radius 2 is 2.00 bits per heavy atom. The number of hydrogen-bond acceptors (Lipinski definition) is 4. The van der Waals surface area contributed by atoms with Crippen molar-refractivity contribution < 1.29 is 9.53 Å². The summed E-state index contributed by atoms with van der Waals surface area (Å²) in [5, 5.41) is 0. The number of esters is 1. The molecule has 1 aromatic heterocycles. The molecular weight excluding hydrogens is 282 g/mol. The molecule has 0 N–H and O–H groups in total. The number of rotatable bonds is 12. The quantitative estimate of drug-likeness (QED) is 0.417. The highest BCUT2D eigenvalue weighted by Crippen LogP contribution is 2.11. The van der Waals surface area contributed by atoms with E-state index in [4.69, 9.17) is 4.74 Å². The van der Waals surface area contributed by atoms with Crippen molar-refractivity contribution >= 4 is 17.7 Å². The minimum atomic E-state index is -0.0721. The first-order chi connectivity index (χ1) is 10.3. The van der Waals surface area contributed by atoms with E-state index >= 15 is 0 Å². The van der Waals surface area contributed by atoms with Gasteiger partial charge in [0.05, 0.1) is 18.7 Å². The highest BCUT2D eigenvalue weighted by Gasteiger charge is 2.03. The average Bonchev–Trinajstić information content (AvgIpc) is 2.52. The molecule has 0 radical (unpaired) electrons. The van der Waals surface area contributed by atoms with Crippen molar-refractivity contribution in [3.05, 3.63) is 30.1 Å². The summed E-state index contributed by atoms with van der Waals surface area (Å²) < 4.78 is 5.23. The fraction of sp³-hybridized carbons (Fsp3) is 0.647. The maximum absolute atomic E-state index is 11.5. The van der Waals surface area contributed by atoms with Crippen LogP contribution in [0.2, 0.25) is 0 Å². The van der Waals surface area contributed by atoms with Crippen LogP contribution in [-0.2, 0) is 15.3 Å². The Kier molecular flexibility index (Phi) is 10.9. The lowest BCUT2D eigenvalue weighted by molar-refractivity contribution is -0.143. The third kappa shape index (κ3) is 10.4. The molecule has 0 atom stereocenters. The lowest BCUT2D eigenvalue weighted by atomic mass is 10.1. The average molecular weight is 309 g/mol. The molecule has 3 nitrogen and oxygen atoms in total. The van der Waals surface area contributed by atoms with Crippen LogP contribution in [0.5, 0.6) is 0 Å². The number of hydrogen-bond donors (Lipinski definition) is 0. The molecule has 0 aliphatic carbocycles. The van der Waals surface area contributed by atoms with Gasteiger partial charge in [-0.25, -0.2) is 0 Å². The van der Waals surface area contributed by atoms with Gasteiger partial charge in [-0.1, -0.05) is 45.1 Å². The summed E-state index contributed by atoms with van der Waals surface area (Å²) in [7, 11) is 0. The molecule has 0 amide bonds. The topological polar surface area (TPSA) is 39.2 Å². The number of aromatic nitrogens is 1. The highest BCUT2D eigenvalue weighted by atomic mass is 32.2. The van der Waals surface area contributed by atoms with Crippen LogP contribution in [0.25, 0.3) is 0 Å². The van der Waals surface area contributed by atoms with Crippen molar-refractivity contribution in [1.29, 1.82) is 0 Å². The Bertz CT molecular complexity index is 370. The molecule has 0 aliphatic rings. The molecule has 1 aromatic rings. The number of ether oxygens (including phenoxy) is 1. The SMILES string of the molecule is CCCCCCCCOC(=O)CCSCc1ccccn1. The Balaban J connectivity index is 1.90. The molecule has 0 fully saturated rings. The molecule has 0 saturated carbocycles. The van der Waals surface area contributed by atoms with Gasteiger partial charge in [-0.15, -0.1) is 0 Å². The summed E-state index contributed by atoms with van der Waals surface area (Å²) >= 11 is 1.72. The molecule has 1 heterocycles. The lowest BCUT2D eigenvalue weighted by Crippen LogP contribution is -2.07. The van der Waals surface area contributed by atoms with Crippen molar-refractivity contribution in [2.45, 2.75) is 57.6 Å². The van der Waals surface area contributed by atoms with Crippen LogP contribution < -0.4 is 0 Å². The van der Waals surface area contributed by atoms with Crippen LogP contribution in [0.4, 0.5) is 0 Å². The molecule has 0 aliphatic heterocycles. The van der Waals surface area contributed by atoms with Crippen molar-refractivity contribution in [3.63, 3.8) is 0 Å². The highest BCUT2D eigenvalue weighted by molar-refractivity contribution is 7.98. The maximum atomic E-state index is 11.5. The van der Waals surface area contributed by atoms with Crippen LogP contribution in [0.3, 0.4) is 0 Å². The van der Waals surface area contributed by atoms with Gasteiger partial charge in [0.1, 0.15) is 0 Å². The Morgan fingerprint density at radius 1 is 1.19 bits per heavy atom. The summed E-state index contributed by atoms with van der Waals surface area (Å²) in [6.45, 7) is 2.80. The summed E-state index contributed by atoms with van der Waals surface area (Å²) in [6, 6.07) is 5.90. The standard InChI is InChI=1S/C17H27NO2S/c1-2-3-4-5-6-9-13-20-17(19)11-14-21-15-16-10-7-8-12-18-16/h7-8,10,12H,2-6,9,11,13-15H2,1H3. The molecule has 21 heavy (non-hydrogen) atoms. The van der Waals surface area contributed by atoms with Crippen molar-refractivity contribution in [2.75, 3.05) is 12.4 Å². The van der Waals surface area contributed by atoms with E-state index in [-0.39, 0.29) is 5.97 Å². The Hall–Kier alpha value is -1.03. The fourth-order valence-corrected chi connectivity index (χ4v) is 2.79. The van der Waals surface area contributed by atoms with E-state index in [1.807, 2.05) is 18.2 Å². The van der Waals surface area contributed by atoms with E-state index in [9.17, 15) is 4.79 Å². The van der Waals surface area contributed by atoms with Crippen LogP contribution in [0.1, 0.15) is 57.6 Å². The van der Waals surface area contributed by atoms with Gasteiger partial charge in [-0.05, 0) is 18.6 Å². The first-order valence-electron chi connectivity index (χ1n) is 7.96. The van der Waals surface area contributed by atoms with Crippen LogP contribution >= 0.6 is 11.8 Å². The molecule has 118 valence electrons. The van der Waals surface area contributed by atoms with Gasteiger partial charge in [0.15, 0.2) is 0 Å². The molecular formula is C17H27NO2S. The van der Waals surface area contributed by atoms with E-state index in [1.54, 1.807) is 18.0 Å². The predicted molar refractivity (Wildman–Crippen MR) is 89.4 cm³/mol. The van der Waals surface area contributed by atoms with Gasteiger partial charge < -0.3 is 4.74 Å². The monoisotopic (exact) mass is 309 g/mol. The zero-order chi connectivity index (χ0) is 15.2. The maximum Gasteiger partial charge on any atom is 0.306 e. The number of carbonyl (C=O) groups is 1. The van der Waals surface area contributed by atoms with E-state index in [0.29, 0.717) is 13.0 Å². The number of carbonyl (C=O) groups excluding carboxylic acids is 1. The van der Waals surface area contributed by atoms with Gasteiger partial charge in [-0.3, -0.25) is 9.78 Å². The van der Waals surface area contributed by atoms with E-state index in [0.717, 1.165) is 23.6 Å². The van der Waals surface area contributed by atoms with Crippen LogP contribution in [-0.4, -0.2) is 23.3 Å². The number of nitrogens with zero attached hydrogens (tertiary/aromatic N) is 1.